The zero-order valence-electron chi connectivity index (χ0n) is 18.0. The molecule has 0 aliphatic carbocycles. The number of hydrogen-bond donors (Lipinski definition) is 1. The molecule has 158 valence electrons. The molecule has 1 fully saturated rings. The van der Waals surface area contributed by atoms with E-state index >= 15 is 0 Å². The number of nitrogens with zero attached hydrogens (tertiary/aromatic N) is 3. The molecule has 0 atom stereocenters. The van der Waals surface area contributed by atoms with Gasteiger partial charge in [-0.05, 0) is 38.2 Å². The molecule has 0 spiro atoms. The van der Waals surface area contributed by atoms with Crippen LogP contribution in [0.1, 0.15) is 80.5 Å². The lowest BCUT2D eigenvalue weighted by Gasteiger charge is -2.31. The molecule has 1 aliphatic rings. The minimum absolute atomic E-state index is 0.0123. The van der Waals surface area contributed by atoms with Gasteiger partial charge in [0.25, 0.3) is 11.6 Å². The summed E-state index contributed by atoms with van der Waals surface area (Å²) in [5, 5.41) is 7.73. The van der Waals surface area contributed by atoms with Gasteiger partial charge >= 0.3 is 0 Å². The fourth-order valence-corrected chi connectivity index (χ4v) is 3.82. The lowest BCUT2D eigenvalue weighted by atomic mass is 9.94. The van der Waals surface area contributed by atoms with Gasteiger partial charge in [0, 0.05) is 31.2 Å². The number of aryl methyl sites for hydroxylation is 1. The summed E-state index contributed by atoms with van der Waals surface area (Å²) in [6, 6.07) is 1.87. The Balaban J connectivity index is 1.68. The van der Waals surface area contributed by atoms with Gasteiger partial charge in [-0.1, -0.05) is 38.8 Å². The highest BCUT2D eigenvalue weighted by Gasteiger charge is 2.29. The largest absolute Gasteiger partial charge is 0.356 e. The standard InChI is InChI=1S/C22H32N4O3/c1-5-6-7-10-23-20(27)16-8-11-26(12-9-16)22(28)17-13-18(14(2)3)24-21-19(17)15(4)25-29-21/h13-14,16H,5-12H2,1-4H3,(H,23,27). The number of likely N-dealkylation sites (tertiary alicyclic amines) is 1. The molecule has 29 heavy (non-hydrogen) atoms. The van der Waals surface area contributed by atoms with Gasteiger partial charge in [0.15, 0.2) is 0 Å². The molecular weight excluding hydrogens is 368 g/mol. The van der Waals surface area contributed by atoms with Crippen LogP contribution >= 0.6 is 0 Å². The summed E-state index contributed by atoms with van der Waals surface area (Å²) in [6.07, 6.45) is 4.68. The second-order valence-electron chi connectivity index (χ2n) is 8.26. The van der Waals surface area contributed by atoms with Crippen molar-refractivity contribution in [2.45, 2.75) is 65.7 Å². The summed E-state index contributed by atoms with van der Waals surface area (Å²) >= 11 is 0. The van der Waals surface area contributed by atoms with Crippen molar-refractivity contribution in [1.29, 1.82) is 0 Å². The molecule has 0 unspecified atom stereocenters. The number of rotatable bonds is 7. The van der Waals surface area contributed by atoms with Gasteiger partial charge in [0.1, 0.15) is 0 Å². The van der Waals surface area contributed by atoms with Gasteiger partial charge in [-0.15, -0.1) is 0 Å². The number of unbranched alkanes of at least 4 members (excludes halogenated alkanes) is 2. The Morgan fingerprint density at radius 3 is 2.66 bits per heavy atom. The van der Waals surface area contributed by atoms with Gasteiger partial charge in [-0.25, -0.2) is 4.98 Å². The zero-order valence-corrected chi connectivity index (χ0v) is 18.0. The lowest BCUT2D eigenvalue weighted by molar-refractivity contribution is -0.126. The molecular formula is C22H32N4O3. The molecule has 0 aromatic carbocycles. The summed E-state index contributed by atoms with van der Waals surface area (Å²) in [7, 11) is 0. The highest BCUT2D eigenvalue weighted by Crippen LogP contribution is 2.27. The molecule has 0 bridgehead atoms. The molecule has 7 heteroatoms. The topological polar surface area (TPSA) is 88.3 Å². The summed E-state index contributed by atoms with van der Waals surface area (Å²) in [6.45, 7) is 9.96. The van der Waals surface area contributed by atoms with Crippen LogP contribution < -0.4 is 5.32 Å². The molecule has 2 aromatic rings. The van der Waals surface area contributed by atoms with Crippen LogP contribution in [-0.2, 0) is 4.79 Å². The van der Waals surface area contributed by atoms with Crippen molar-refractivity contribution in [3.63, 3.8) is 0 Å². The Labute approximate surface area is 172 Å². The van der Waals surface area contributed by atoms with Crippen LogP contribution in [0, 0.1) is 12.8 Å². The first-order valence-corrected chi connectivity index (χ1v) is 10.8. The smallest absolute Gasteiger partial charge is 0.259 e. The van der Waals surface area contributed by atoms with Crippen LogP contribution in [0.4, 0.5) is 0 Å². The van der Waals surface area contributed by atoms with E-state index in [-0.39, 0.29) is 23.7 Å². The first-order valence-electron chi connectivity index (χ1n) is 10.8. The van der Waals surface area contributed by atoms with Crippen molar-refractivity contribution >= 4 is 22.9 Å². The van der Waals surface area contributed by atoms with Gasteiger partial charge in [0.2, 0.25) is 5.91 Å². The van der Waals surface area contributed by atoms with E-state index in [0.29, 0.717) is 48.3 Å². The number of aromatic nitrogens is 2. The minimum Gasteiger partial charge on any atom is -0.356 e. The molecule has 1 N–H and O–H groups in total. The average Bonchev–Trinajstić information content (AvgIpc) is 3.11. The first-order chi connectivity index (χ1) is 13.9. The van der Waals surface area contributed by atoms with Crippen LogP contribution in [0.15, 0.2) is 10.6 Å². The summed E-state index contributed by atoms with van der Waals surface area (Å²) in [5.74, 6) is 0.254. The average molecular weight is 401 g/mol. The molecule has 2 aromatic heterocycles. The number of fused-ring (bicyclic) bond motifs is 1. The number of amides is 2. The predicted octanol–water partition coefficient (Wildman–Crippen LogP) is 3.81. The van der Waals surface area contributed by atoms with Crippen molar-refractivity contribution in [3.05, 3.63) is 23.0 Å². The van der Waals surface area contributed by atoms with Crippen molar-refractivity contribution < 1.29 is 14.1 Å². The number of nitrogens with one attached hydrogen (secondary N) is 1. The molecule has 1 saturated heterocycles. The Bertz CT molecular complexity index is 866. The maximum atomic E-state index is 13.3. The number of carbonyl (C=O) groups excluding carboxylic acids is 2. The molecule has 1 aliphatic heterocycles. The van der Waals surface area contributed by atoms with Crippen molar-refractivity contribution in [1.82, 2.24) is 20.4 Å². The fourth-order valence-electron chi connectivity index (χ4n) is 3.82. The number of carbonyl (C=O) groups is 2. The van der Waals surface area contributed by atoms with Crippen LogP contribution in [0.2, 0.25) is 0 Å². The summed E-state index contributed by atoms with van der Waals surface area (Å²) in [4.78, 5) is 32.0. The SMILES string of the molecule is CCCCCNC(=O)C1CCN(C(=O)c2cc(C(C)C)nc3onc(C)c23)CC1. The summed E-state index contributed by atoms with van der Waals surface area (Å²) in [5.41, 5.74) is 2.50. The maximum absolute atomic E-state index is 13.3. The maximum Gasteiger partial charge on any atom is 0.259 e. The minimum atomic E-state index is -0.0348. The first kappa shape index (κ1) is 21.3. The van der Waals surface area contributed by atoms with E-state index in [4.69, 9.17) is 4.52 Å². The van der Waals surface area contributed by atoms with E-state index in [1.165, 1.54) is 0 Å². The van der Waals surface area contributed by atoms with E-state index < -0.39 is 0 Å². The molecule has 0 radical (unpaired) electrons. The van der Waals surface area contributed by atoms with E-state index in [9.17, 15) is 9.59 Å². The van der Waals surface area contributed by atoms with Gasteiger partial charge in [-0.2, -0.15) is 0 Å². The van der Waals surface area contributed by atoms with Gasteiger partial charge in [0.05, 0.1) is 16.6 Å². The van der Waals surface area contributed by atoms with E-state index in [0.717, 1.165) is 31.5 Å². The number of piperidine rings is 1. The van der Waals surface area contributed by atoms with E-state index in [2.05, 4.69) is 22.4 Å². The molecule has 7 nitrogen and oxygen atoms in total. The number of hydrogen-bond acceptors (Lipinski definition) is 5. The normalized spacial score (nSPS) is 15.3. The fraction of sp³-hybridized carbons (Fsp3) is 0.636. The zero-order chi connectivity index (χ0) is 21.0. The molecule has 3 rings (SSSR count). The monoisotopic (exact) mass is 400 g/mol. The number of pyridine rings is 1. The van der Waals surface area contributed by atoms with Gasteiger partial charge < -0.3 is 14.7 Å². The highest BCUT2D eigenvalue weighted by molar-refractivity contribution is 6.06. The van der Waals surface area contributed by atoms with Crippen LogP contribution in [0.5, 0.6) is 0 Å². The van der Waals surface area contributed by atoms with Crippen LogP contribution in [0.3, 0.4) is 0 Å². The third kappa shape index (κ3) is 4.77. The Kier molecular flexibility index (Phi) is 6.87. The Morgan fingerprint density at radius 1 is 1.28 bits per heavy atom. The highest BCUT2D eigenvalue weighted by atomic mass is 16.5. The second kappa shape index (κ2) is 9.37. The summed E-state index contributed by atoms with van der Waals surface area (Å²) < 4.78 is 5.34. The van der Waals surface area contributed by atoms with Crippen molar-refractivity contribution in [2.75, 3.05) is 19.6 Å². The molecule has 3 heterocycles. The Morgan fingerprint density at radius 2 is 2.00 bits per heavy atom. The second-order valence-corrected chi connectivity index (χ2v) is 8.26. The molecule has 2 amide bonds. The van der Waals surface area contributed by atoms with Crippen molar-refractivity contribution in [3.8, 4) is 0 Å². The van der Waals surface area contributed by atoms with Crippen molar-refractivity contribution in [2.24, 2.45) is 5.92 Å². The van der Waals surface area contributed by atoms with Gasteiger partial charge in [-0.3, -0.25) is 9.59 Å². The van der Waals surface area contributed by atoms with E-state index in [1.807, 2.05) is 31.7 Å². The third-order valence-electron chi connectivity index (χ3n) is 5.69. The van der Waals surface area contributed by atoms with E-state index in [1.54, 1.807) is 0 Å². The molecule has 0 saturated carbocycles. The lowest BCUT2D eigenvalue weighted by Crippen LogP contribution is -2.43. The quantitative estimate of drug-likeness (QED) is 0.714. The Hall–Kier alpha value is -2.44. The predicted molar refractivity (Wildman–Crippen MR) is 112 cm³/mol. The van der Waals surface area contributed by atoms with Crippen LogP contribution in [0.25, 0.3) is 11.1 Å². The van der Waals surface area contributed by atoms with Crippen LogP contribution in [-0.4, -0.2) is 46.5 Å². The third-order valence-corrected chi connectivity index (χ3v) is 5.69.